The molecule has 0 saturated carbocycles. The molecule has 1 aliphatic heterocycles. The summed E-state index contributed by atoms with van der Waals surface area (Å²) in [5.74, 6) is 1.63. The van der Waals surface area contributed by atoms with Crippen LogP contribution in [0.1, 0.15) is 0 Å². The summed E-state index contributed by atoms with van der Waals surface area (Å²) < 4.78 is 0. The fourth-order valence-corrected chi connectivity index (χ4v) is 2.62. The van der Waals surface area contributed by atoms with Crippen molar-refractivity contribution in [1.29, 1.82) is 0 Å². The fraction of sp³-hybridized carbons (Fsp3) is 0.800. The summed E-state index contributed by atoms with van der Waals surface area (Å²) in [5.41, 5.74) is 0. The lowest BCUT2D eigenvalue weighted by Crippen LogP contribution is -2.33. The van der Waals surface area contributed by atoms with Gasteiger partial charge in [0.05, 0.1) is 0 Å². The van der Waals surface area contributed by atoms with E-state index in [0.29, 0.717) is 23.7 Å². The first-order valence-electron chi connectivity index (χ1n) is 4.97. The second-order valence-electron chi connectivity index (χ2n) is 4.06. The predicted octanol–water partition coefficient (Wildman–Crippen LogP) is -0.391. The molecule has 1 aliphatic carbocycles. The molecule has 13 heavy (non-hydrogen) atoms. The number of nitrogens with one attached hydrogen (secondary N) is 1. The van der Waals surface area contributed by atoms with E-state index in [1.165, 1.54) is 0 Å². The van der Waals surface area contributed by atoms with Crippen LogP contribution in [0.25, 0.3) is 0 Å². The second kappa shape index (κ2) is 3.78. The predicted molar refractivity (Wildman–Crippen MR) is 50.1 cm³/mol. The van der Waals surface area contributed by atoms with Gasteiger partial charge in [-0.2, -0.15) is 0 Å². The topological polar surface area (TPSA) is 52.5 Å². The Bertz CT molecular complexity index is 185. The third-order valence-electron chi connectivity index (χ3n) is 3.44. The van der Waals surface area contributed by atoms with E-state index >= 15 is 0 Å². The number of hydrogen-bond acceptors (Lipinski definition) is 3. The zero-order chi connectivity index (χ0) is 9.26. The molecular formula is C10H17NO2. The maximum absolute atomic E-state index is 9.16. The number of hydrogen-bond donors (Lipinski definition) is 3. The molecule has 0 spiro atoms. The Kier molecular flexibility index (Phi) is 2.67. The average molecular weight is 183 g/mol. The normalized spacial score (nSPS) is 43.5. The van der Waals surface area contributed by atoms with Crippen LogP contribution in [0.5, 0.6) is 0 Å². The molecule has 0 radical (unpaired) electrons. The minimum atomic E-state index is 0.234. The van der Waals surface area contributed by atoms with Crippen LogP contribution >= 0.6 is 0 Å². The number of aliphatic hydroxyl groups excluding tert-OH is 2. The van der Waals surface area contributed by atoms with Crippen LogP contribution in [0, 0.1) is 23.7 Å². The average Bonchev–Trinajstić information content (AvgIpc) is 2.64. The lowest BCUT2D eigenvalue weighted by atomic mass is 9.73. The molecule has 4 atom stereocenters. The first kappa shape index (κ1) is 9.19. The van der Waals surface area contributed by atoms with Crippen molar-refractivity contribution in [2.75, 3.05) is 26.3 Å². The number of rotatable bonds is 2. The van der Waals surface area contributed by atoms with Crippen molar-refractivity contribution in [2.24, 2.45) is 23.7 Å². The summed E-state index contributed by atoms with van der Waals surface area (Å²) in [7, 11) is 0. The Morgan fingerprint density at radius 3 is 1.85 bits per heavy atom. The van der Waals surface area contributed by atoms with Crippen molar-refractivity contribution in [3.63, 3.8) is 0 Å². The first-order chi connectivity index (χ1) is 6.36. The Hall–Kier alpha value is -0.380. The summed E-state index contributed by atoms with van der Waals surface area (Å²) in [6.07, 6.45) is 4.13. The van der Waals surface area contributed by atoms with Gasteiger partial charge in [-0.1, -0.05) is 12.2 Å². The standard InChI is InChI=1S/C10H17NO2/c12-5-7-1-2-8(6-13)10-4-11-3-9(7)10/h1-2,7-13H,3-6H2. The van der Waals surface area contributed by atoms with Crippen LogP contribution in [0.3, 0.4) is 0 Å². The maximum atomic E-state index is 9.16. The molecule has 1 fully saturated rings. The Morgan fingerprint density at radius 1 is 1.00 bits per heavy atom. The van der Waals surface area contributed by atoms with Gasteiger partial charge in [-0.3, -0.25) is 0 Å². The van der Waals surface area contributed by atoms with Gasteiger partial charge in [-0.25, -0.2) is 0 Å². The SMILES string of the molecule is OCC1C=CC(CO)C2CNCC12. The lowest BCUT2D eigenvalue weighted by molar-refractivity contribution is 0.130. The highest BCUT2D eigenvalue weighted by atomic mass is 16.3. The largest absolute Gasteiger partial charge is 0.396 e. The second-order valence-corrected chi connectivity index (χ2v) is 4.06. The van der Waals surface area contributed by atoms with Crippen LogP contribution < -0.4 is 5.32 Å². The molecule has 0 aromatic heterocycles. The van der Waals surface area contributed by atoms with Gasteiger partial charge in [0.15, 0.2) is 0 Å². The molecule has 0 aromatic carbocycles. The molecule has 2 aliphatic rings. The van der Waals surface area contributed by atoms with Gasteiger partial charge in [0.2, 0.25) is 0 Å². The van der Waals surface area contributed by atoms with Crippen molar-refractivity contribution in [1.82, 2.24) is 5.32 Å². The van der Waals surface area contributed by atoms with E-state index in [1.54, 1.807) is 0 Å². The summed E-state index contributed by atoms with van der Waals surface area (Å²) in [5, 5.41) is 21.6. The van der Waals surface area contributed by atoms with E-state index < -0.39 is 0 Å². The number of aliphatic hydroxyl groups is 2. The van der Waals surface area contributed by atoms with Gasteiger partial charge >= 0.3 is 0 Å². The van der Waals surface area contributed by atoms with Crippen molar-refractivity contribution < 1.29 is 10.2 Å². The third kappa shape index (κ3) is 1.52. The lowest BCUT2D eigenvalue weighted by Gasteiger charge is -2.32. The molecule has 3 N–H and O–H groups in total. The van der Waals surface area contributed by atoms with E-state index in [1.807, 2.05) is 0 Å². The number of fused-ring (bicyclic) bond motifs is 1. The highest BCUT2D eigenvalue weighted by Crippen LogP contribution is 2.36. The molecule has 1 saturated heterocycles. The van der Waals surface area contributed by atoms with Crippen molar-refractivity contribution in [3.05, 3.63) is 12.2 Å². The fourth-order valence-electron chi connectivity index (χ4n) is 2.62. The molecule has 1 heterocycles. The van der Waals surface area contributed by atoms with Gasteiger partial charge in [0, 0.05) is 25.0 Å². The summed E-state index contributed by atoms with van der Waals surface area (Å²) in [6, 6.07) is 0. The summed E-state index contributed by atoms with van der Waals surface area (Å²) in [6.45, 7) is 2.43. The quantitative estimate of drug-likeness (QED) is 0.511. The zero-order valence-electron chi connectivity index (χ0n) is 7.69. The van der Waals surface area contributed by atoms with Crippen LogP contribution in [-0.2, 0) is 0 Å². The highest BCUT2D eigenvalue weighted by Gasteiger charge is 2.38. The molecule has 2 rings (SSSR count). The third-order valence-corrected chi connectivity index (χ3v) is 3.44. The Balaban J connectivity index is 2.14. The van der Waals surface area contributed by atoms with Crippen molar-refractivity contribution in [2.45, 2.75) is 0 Å². The van der Waals surface area contributed by atoms with Crippen molar-refractivity contribution >= 4 is 0 Å². The van der Waals surface area contributed by atoms with E-state index in [4.69, 9.17) is 10.2 Å². The van der Waals surface area contributed by atoms with Crippen LogP contribution in [0.15, 0.2) is 12.2 Å². The highest BCUT2D eigenvalue weighted by molar-refractivity contribution is 5.08. The summed E-state index contributed by atoms with van der Waals surface area (Å²) >= 11 is 0. The molecule has 74 valence electrons. The van der Waals surface area contributed by atoms with Gasteiger partial charge in [-0.15, -0.1) is 0 Å². The van der Waals surface area contributed by atoms with E-state index in [-0.39, 0.29) is 13.2 Å². The molecule has 0 aromatic rings. The van der Waals surface area contributed by atoms with Gasteiger partial charge in [0.25, 0.3) is 0 Å². The van der Waals surface area contributed by atoms with E-state index in [0.717, 1.165) is 13.1 Å². The van der Waals surface area contributed by atoms with Crippen LogP contribution in [0.2, 0.25) is 0 Å². The molecular weight excluding hydrogens is 166 g/mol. The molecule has 3 nitrogen and oxygen atoms in total. The van der Waals surface area contributed by atoms with Gasteiger partial charge < -0.3 is 15.5 Å². The van der Waals surface area contributed by atoms with Crippen molar-refractivity contribution in [3.8, 4) is 0 Å². The van der Waals surface area contributed by atoms with Gasteiger partial charge in [-0.05, 0) is 24.9 Å². The zero-order valence-corrected chi connectivity index (χ0v) is 7.69. The summed E-state index contributed by atoms with van der Waals surface area (Å²) in [4.78, 5) is 0. The molecule has 0 bridgehead atoms. The van der Waals surface area contributed by atoms with Crippen LogP contribution in [-0.4, -0.2) is 36.5 Å². The Labute approximate surface area is 78.5 Å². The Morgan fingerprint density at radius 2 is 1.46 bits per heavy atom. The first-order valence-corrected chi connectivity index (χ1v) is 4.97. The monoisotopic (exact) mass is 183 g/mol. The maximum Gasteiger partial charge on any atom is 0.0497 e. The van der Waals surface area contributed by atoms with Gasteiger partial charge in [0.1, 0.15) is 0 Å². The van der Waals surface area contributed by atoms with E-state index in [2.05, 4.69) is 17.5 Å². The van der Waals surface area contributed by atoms with Crippen LogP contribution in [0.4, 0.5) is 0 Å². The molecule has 3 heteroatoms. The minimum absolute atomic E-state index is 0.234. The smallest absolute Gasteiger partial charge is 0.0497 e. The molecule has 0 amide bonds. The minimum Gasteiger partial charge on any atom is -0.396 e. The molecule has 4 unspecified atom stereocenters. The van der Waals surface area contributed by atoms with E-state index in [9.17, 15) is 0 Å².